The highest BCUT2D eigenvalue weighted by Crippen LogP contribution is 2.20. The van der Waals surface area contributed by atoms with Crippen LogP contribution < -0.4 is 5.32 Å². The van der Waals surface area contributed by atoms with Gasteiger partial charge >= 0.3 is 0 Å². The van der Waals surface area contributed by atoms with Crippen molar-refractivity contribution in [2.24, 2.45) is 0 Å². The average molecular weight is 234 g/mol. The molecule has 0 unspecified atom stereocenters. The van der Waals surface area contributed by atoms with Gasteiger partial charge in [-0.05, 0) is 18.6 Å². The van der Waals surface area contributed by atoms with Crippen LogP contribution in [0.15, 0.2) is 24.3 Å². The molecule has 0 spiro atoms. The number of amides is 1. The van der Waals surface area contributed by atoms with Gasteiger partial charge in [-0.1, -0.05) is 19.1 Å². The van der Waals surface area contributed by atoms with Crippen LogP contribution in [0.5, 0.6) is 5.75 Å². The molecule has 92 valence electrons. The predicted molar refractivity (Wildman–Crippen MR) is 66.1 cm³/mol. The first kappa shape index (κ1) is 11.9. The van der Waals surface area contributed by atoms with Gasteiger partial charge in [0.2, 0.25) is 0 Å². The van der Waals surface area contributed by atoms with Gasteiger partial charge in [0.15, 0.2) is 0 Å². The van der Waals surface area contributed by atoms with Crippen molar-refractivity contribution in [2.75, 3.05) is 19.6 Å². The zero-order valence-electron chi connectivity index (χ0n) is 10.0. The molecule has 0 saturated carbocycles. The molecule has 4 heteroatoms. The molecule has 0 atom stereocenters. The Morgan fingerprint density at radius 1 is 1.47 bits per heavy atom. The Morgan fingerprint density at radius 2 is 2.18 bits per heavy atom. The number of phenols is 1. The number of nitrogens with zero attached hydrogens (tertiary/aromatic N) is 1. The van der Waals surface area contributed by atoms with Crippen molar-refractivity contribution in [1.82, 2.24) is 10.2 Å². The smallest absolute Gasteiger partial charge is 0.257 e. The van der Waals surface area contributed by atoms with Crippen LogP contribution in [-0.2, 0) is 0 Å². The number of nitrogens with one attached hydrogen (secondary N) is 1. The molecule has 1 fully saturated rings. The fourth-order valence-corrected chi connectivity index (χ4v) is 1.99. The molecule has 1 aromatic carbocycles. The first-order chi connectivity index (χ1) is 8.24. The van der Waals surface area contributed by atoms with Gasteiger partial charge in [0.05, 0.1) is 11.6 Å². The van der Waals surface area contributed by atoms with Crippen molar-refractivity contribution in [3.63, 3.8) is 0 Å². The summed E-state index contributed by atoms with van der Waals surface area (Å²) in [6.45, 7) is 4.48. The van der Waals surface area contributed by atoms with Crippen LogP contribution in [0.2, 0.25) is 0 Å². The lowest BCUT2D eigenvalue weighted by molar-refractivity contribution is 0.0613. The van der Waals surface area contributed by atoms with Crippen molar-refractivity contribution >= 4 is 5.91 Å². The topological polar surface area (TPSA) is 52.6 Å². The average Bonchev–Trinajstić information content (AvgIpc) is 2.26. The van der Waals surface area contributed by atoms with Crippen LogP contribution in [0, 0.1) is 0 Å². The second-order valence-electron chi connectivity index (χ2n) is 4.33. The molecule has 0 aliphatic carbocycles. The van der Waals surface area contributed by atoms with Crippen molar-refractivity contribution in [3.05, 3.63) is 29.8 Å². The number of para-hydroxylation sites is 1. The molecule has 0 radical (unpaired) electrons. The molecule has 0 aromatic heterocycles. The highest BCUT2D eigenvalue weighted by atomic mass is 16.3. The van der Waals surface area contributed by atoms with E-state index in [0.717, 1.165) is 26.1 Å². The number of hydrogen-bond acceptors (Lipinski definition) is 3. The fourth-order valence-electron chi connectivity index (χ4n) is 1.99. The van der Waals surface area contributed by atoms with Crippen molar-refractivity contribution in [2.45, 2.75) is 19.4 Å². The fraction of sp³-hybridized carbons (Fsp3) is 0.462. The normalized spacial score (nSPS) is 15.4. The lowest BCUT2D eigenvalue weighted by Crippen LogP contribution is -2.59. The van der Waals surface area contributed by atoms with Crippen LogP contribution in [0.25, 0.3) is 0 Å². The van der Waals surface area contributed by atoms with Gasteiger partial charge in [0.25, 0.3) is 5.91 Å². The van der Waals surface area contributed by atoms with E-state index in [1.54, 1.807) is 24.3 Å². The van der Waals surface area contributed by atoms with Gasteiger partial charge in [-0.25, -0.2) is 0 Å². The standard InChI is InChI=1S/C13H18N2O2/c1-2-7-15(10-8-14-9-10)13(17)11-5-3-4-6-12(11)16/h3-6,10,14,16H,2,7-9H2,1H3. The SMILES string of the molecule is CCCN(C(=O)c1ccccc1O)C1CNC1. The molecule has 1 saturated heterocycles. The van der Waals surface area contributed by atoms with Gasteiger partial charge in [-0.2, -0.15) is 0 Å². The maximum Gasteiger partial charge on any atom is 0.257 e. The number of phenolic OH excluding ortho intramolecular Hbond substituents is 1. The monoisotopic (exact) mass is 234 g/mol. The Labute approximate surface area is 101 Å². The summed E-state index contributed by atoms with van der Waals surface area (Å²) in [6.07, 6.45) is 0.926. The lowest BCUT2D eigenvalue weighted by atomic mass is 10.1. The Morgan fingerprint density at radius 3 is 2.71 bits per heavy atom. The summed E-state index contributed by atoms with van der Waals surface area (Å²) in [6, 6.07) is 6.99. The zero-order valence-corrected chi connectivity index (χ0v) is 10.0. The van der Waals surface area contributed by atoms with Gasteiger partial charge in [-0.3, -0.25) is 4.79 Å². The zero-order chi connectivity index (χ0) is 12.3. The van der Waals surface area contributed by atoms with E-state index < -0.39 is 0 Å². The summed E-state index contributed by atoms with van der Waals surface area (Å²) >= 11 is 0. The number of aromatic hydroxyl groups is 1. The summed E-state index contributed by atoms with van der Waals surface area (Å²) in [4.78, 5) is 14.2. The van der Waals surface area contributed by atoms with Crippen LogP contribution in [0.3, 0.4) is 0 Å². The number of carbonyl (C=O) groups is 1. The molecule has 0 bridgehead atoms. The number of benzene rings is 1. The van der Waals surface area contributed by atoms with E-state index in [4.69, 9.17) is 0 Å². The molecule has 1 aromatic rings. The van der Waals surface area contributed by atoms with E-state index in [0.29, 0.717) is 5.56 Å². The minimum absolute atomic E-state index is 0.0610. The molecule has 17 heavy (non-hydrogen) atoms. The quantitative estimate of drug-likeness (QED) is 0.823. The minimum Gasteiger partial charge on any atom is -0.507 e. The van der Waals surface area contributed by atoms with E-state index in [9.17, 15) is 9.90 Å². The van der Waals surface area contributed by atoms with E-state index in [1.165, 1.54) is 0 Å². The summed E-state index contributed by atoms with van der Waals surface area (Å²) in [5.74, 6) is -0.0117. The molecule has 1 heterocycles. The number of rotatable bonds is 4. The van der Waals surface area contributed by atoms with Gasteiger partial charge in [-0.15, -0.1) is 0 Å². The van der Waals surface area contributed by atoms with Crippen LogP contribution in [-0.4, -0.2) is 41.6 Å². The lowest BCUT2D eigenvalue weighted by Gasteiger charge is -2.38. The van der Waals surface area contributed by atoms with Gasteiger partial charge in [0.1, 0.15) is 5.75 Å². The Kier molecular flexibility index (Phi) is 3.64. The van der Waals surface area contributed by atoms with Crippen LogP contribution in [0.1, 0.15) is 23.7 Å². The first-order valence-electron chi connectivity index (χ1n) is 6.03. The summed E-state index contributed by atoms with van der Waals surface area (Å²) in [5, 5.41) is 12.9. The molecule has 4 nitrogen and oxygen atoms in total. The van der Waals surface area contributed by atoms with Crippen LogP contribution in [0.4, 0.5) is 0 Å². The number of hydrogen-bond donors (Lipinski definition) is 2. The minimum atomic E-state index is -0.0727. The Balaban J connectivity index is 2.18. The Hall–Kier alpha value is -1.55. The van der Waals surface area contributed by atoms with Gasteiger partial charge in [0, 0.05) is 19.6 Å². The molecule has 1 amide bonds. The third kappa shape index (κ3) is 2.42. The summed E-state index contributed by atoms with van der Waals surface area (Å²) < 4.78 is 0. The Bertz CT molecular complexity index is 402. The highest BCUT2D eigenvalue weighted by Gasteiger charge is 2.29. The van der Waals surface area contributed by atoms with Crippen LogP contribution >= 0.6 is 0 Å². The molecular formula is C13H18N2O2. The third-order valence-electron chi connectivity index (χ3n) is 3.06. The largest absolute Gasteiger partial charge is 0.507 e. The molecule has 2 N–H and O–H groups in total. The van der Waals surface area contributed by atoms with Crippen molar-refractivity contribution in [1.29, 1.82) is 0 Å². The third-order valence-corrected chi connectivity index (χ3v) is 3.06. The highest BCUT2D eigenvalue weighted by molar-refractivity contribution is 5.97. The van der Waals surface area contributed by atoms with Crippen molar-refractivity contribution < 1.29 is 9.90 Å². The number of carbonyl (C=O) groups excluding carboxylic acids is 1. The van der Waals surface area contributed by atoms with Gasteiger partial charge < -0.3 is 15.3 Å². The second-order valence-corrected chi connectivity index (χ2v) is 4.33. The molecule has 1 aliphatic heterocycles. The predicted octanol–water partition coefficient (Wildman–Crippen LogP) is 1.22. The molecule has 1 aliphatic rings. The van der Waals surface area contributed by atoms with Crippen molar-refractivity contribution in [3.8, 4) is 5.75 Å². The second kappa shape index (κ2) is 5.19. The first-order valence-corrected chi connectivity index (χ1v) is 6.03. The molecule has 2 rings (SSSR count). The summed E-state index contributed by atoms with van der Waals surface area (Å²) in [7, 11) is 0. The van der Waals surface area contributed by atoms with E-state index in [2.05, 4.69) is 12.2 Å². The summed E-state index contributed by atoms with van der Waals surface area (Å²) in [5.41, 5.74) is 0.396. The maximum absolute atomic E-state index is 12.3. The van der Waals surface area contributed by atoms with E-state index in [1.807, 2.05) is 4.90 Å². The van der Waals surface area contributed by atoms with E-state index >= 15 is 0 Å². The maximum atomic E-state index is 12.3. The molecular weight excluding hydrogens is 216 g/mol. The van der Waals surface area contributed by atoms with E-state index in [-0.39, 0.29) is 17.7 Å².